The fourth-order valence-corrected chi connectivity index (χ4v) is 6.95. The Morgan fingerprint density at radius 3 is 2.69 bits per heavy atom. The molecule has 11 heteroatoms. The fraction of sp³-hybridized carbons (Fsp3) is 0.292. The number of nitrogens with zero attached hydrogens (tertiary/aromatic N) is 4. The first-order chi connectivity index (χ1) is 16.7. The molecule has 1 aliphatic heterocycles. The van der Waals surface area contributed by atoms with Gasteiger partial charge in [-0.05, 0) is 51.0 Å². The molecule has 1 amide bonds. The highest BCUT2D eigenvalue weighted by Crippen LogP contribution is 2.32. The van der Waals surface area contributed by atoms with Crippen molar-refractivity contribution in [1.82, 2.24) is 19.1 Å². The molecule has 0 bridgehead atoms. The molecule has 1 saturated heterocycles. The van der Waals surface area contributed by atoms with Crippen LogP contribution in [0.25, 0.3) is 15.3 Å². The molecule has 0 spiro atoms. The third kappa shape index (κ3) is 4.71. The van der Waals surface area contributed by atoms with Gasteiger partial charge in [0.05, 0.1) is 26.2 Å². The number of fused-ring (bicyclic) bond motifs is 1. The molecule has 1 aliphatic rings. The normalized spacial score (nSPS) is 17.1. The number of rotatable bonds is 5. The van der Waals surface area contributed by atoms with Crippen molar-refractivity contribution in [2.75, 3.05) is 18.4 Å². The van der Waals surface area contributed by atoms with E-state index in [0.29, 0.717) is 40.9 Å². The minimum atomic E-state index is -3.67. The molecule has 35 heavy (non-hydrogen) atoms. The number of para-hydroxylation sites is 1. The maximum Gasteiger partial charge on any atom is 0.243 e. The van der Waals surface area contributed by atoms with Crippen molar-refractivity contribution in [3.05, 3.63) is 64.8 Å². The van der Waals surface area contributed by atoms with Gasteiger partial charge in [0, 0.05) is 19.2 Å². The van der Waals surface area contributed by atoms with E-state index in [1.165, 1.54) is 15.6 Å². The zero-order valence-electron chi connectivity index (χ0n) is 19.2. The summed E-state index contributed by atoms with van der Waals surface area (Å²) in [5.41, 5.74) is 2.39. The number of halogens is 1. The molecule has 2 aromatic carbocycles. The fourth-order valence-electron chi connectivity index (χ4n) is 4.19. The number of hydrogen-bond acceptors (Lipinski definition) is 6. The zero-order valence-corrected chi connectivity index (χ0v) is 21.6. The lowest BCUT2D eigenvalue weighted by molar-refractivity contribution is -0.120. The van der Waals surface area contributed by atoms with E-state index in [1.54, 1.807) is 41.1 Å². The number of carbonyl (C=O) groups excluding carboxylic acids is 1. The summed E-state index contributed by atoms with van der Waals surface area (Å²) in [6.45, 7) is 4.27. The van der Waals surface area contributed by atoms with Gasteiger partial charge in [-0.2, -0.15) is 14.1 Å². The highest BCUT2D eigenvalue weighted by molar-refractivity contribution is 7.89. The monoisotopic (exact) mass is 529 g/mol. The predicted molar refractivity (Wildman–Crippen MR) is 138 cm³/mol. The van der Waals surface area contributed by atoms with Gasteiger partial charge in [-0.25, -0.2) is 13.4 Å². The first kappa shape index (κ1) is 23.9. The summed E-state index contributed by atoms with van der Waals surface area (Å²) in [4.78, 5) is 18.1. The van der Waals surface area contributed by atoms with Crippen LogP contribution in [0.3, 0.4) is 0 Å². The van der Waals surface area contributed by atoms with Gasteiger partial charge in [0.1, 0.15) is 11.3 Å². The van der Waals surface area contributed by atoms with E-state index in [4.69, 9.17) is 11.6 Å². The van der Waals surface area contributed by atoms with Gasteiger partial charge in [0.25, 0.3) is 0 Å². The second kappa shape index (κ2) is 9.34. The Kier molecular flexibility index (Phi) is 6.39. The van der Waals surface area contributed by atoms with E-state index in [-0.39, 0.29) is 17.3 Å². The highest BCUT2D eigenvalue weighted by Gasteiger charge is 2.33. The molecule has 0 aliphatic carbocycles. The summed E-state index contributed by atoms with van der Waals surface area (Å²) >= 11 is 7.71. The Balaban J connectivity index is 1.36. The SMILES string of the molecule is Cc1ccc(S(=O)(=O)N2CCCC(C(=O)Nc3cc(C)nn3-c3nc4c(Cl)cccc4s3)C2)cc1. The molecule has 4 aromatic rings. The molecule has 1 unspecified atom stereocenters. The average Bonchev–Trinajstić information content (AvgIpc) is 3.43. The summed E-state index contributed by atoms with van der Waals surface area (Å²) in [6.07, 6.45) is 1.22. The molecule has 0 radical (unpaired) electrons. The maximum absolute atomic E-state index is 13.2. The number of thiazole rings is 1. The standard InChI is InChI=1S/C24H24ClN5O3S2/c1-15-8-10-18(11-9-15)35(32,33)29-12-4-5-17(14-29)23(31)26-21-13-16(2)28-30(21)24-27-22-19(25)6-3-7-20(22)34-24/h3,6-11,13,17H,4-5,12,14H2,1-2H3,(H,26,31). The molecule has 2 aromatic heterocycles. The van der Waals surface area contributed by atoms with Gasteiger partial charge in [-0.15, -0.1) is 0 Å². The lowest BCUT2D eigenvalue weighted by atomic mass is 9.99. The molecule has 5 rings (SSSR count). The summed E-state index contributed by atoms with van der Waals surface area (Å²) in [5.74, 6) is -0.229. The predicted octanol–water partition coefficient (Wildman–Crippen LogP) is 4.79. The number of piperidine rings is 1. The van der Waals surface area contributed by atoms with Gasteiger partial charge >= 0.3 is 0 Å². The summed E-state index contributed by atoms with van der Waals surface area (Å²) in [5, 5.41) is 8.60. The van der Waals surface area contributed by atoms with Crippen LogP contribution in [0.15, 0.2) is 53.4 Å². The minimum absolute atomic E-state index is 0.131. The van der Waals surface area contributed by atoms with E-state index < -0.39 is 15.9 Å². The van der Waals surface area contributed by atoms with Gasteiger partial charge in [-0.3, -0.25) is 4.79 Å². The smallest absolute Gasteiger partial charge is 0.243 e. The topological polar surface area (TPSA) is 97.2 Å². The van der Waals surface area contributed by atoms with E-state index in [9.17, 15) is 13.2 Å². The second-order valence-corrected chi connectivity index (χ2v) is 12.0. The summed E-state index contributed by atoms with van der Waals surface area (Å²) in [7, 11) is -3.67. The Morgan fingerprint density at radius 1 is 1.17 bits per heavy atom. The number of hydrogen-bond donors (Lipinski definition) is 1. The summed E-state index contributed by atoms with van der Waals surface area (Å²) in [6, 6.07) is 14.1. The number of sulfonamides is 1. The molecule has 0 saturated carbocycles. The van der Waals surface area contributed by atoms with Gasteiger partial charge in [-0.1, -0.05) is 46.7 Å². The number of nitrogens with one attached hydrogen (secondary N) is 1. The average molecular weight is 530 g/mol. The van der Waals surface area contributed by atoms with Crippen LogP contribution >= 0.6 is 22.9 Å². The van der Waals surface area contributed by atoms with Crippen LogP contribution in [-0.4, -0.2) is 46.5 Å². The Hall–Kier alpha value is -2.79. The third-order valence-electron chi connectivity index (χ3n) is 6.04. The van der Waals surface area contributed by atoms with E-state index in [1.807, 2.05) is 26.0 Å². The van der Waals surface area contributed by atoms with E-state index >= 15 is 0 Å². The third-order valence-corrected chi connectivity index (χ3v) is 9.22. The van der Waals surface area contributed by atoms with Crippen LogP contribution in [0.5, 0.6) is 0 Å². The van der Waals surface area contributed by atoms with Crippen molar-refractivity contribution in [3.63, 3.8) is 0 Å². The Morgan fingerprint density at radius 2 is 1.94 bits per heavy atom. The first-order valence-electron chi connectivity index (χ1n) is 11.2. The molecule has 1 atom stereocenters. The van der Waals surface area contributed by atoms with Crippen molar-refractivity contribution >= 4 is 54.9 Å². The highest BCUT2D eigenvalue weighted by atomic mass is 35.5. The quantitative estimate of drug-likeness (QED) is 0.401. The largest absolute Gasteiger partial charge is 0.310 e. The molecule has 1 fully saturated rings. The zero-order chi connectivity index (χ0) is 24.7. The van der Waals surface area contributed by atoms with E-state index in [0.717, 1.165) is 16.0 Å². The number of amides is 1. The second-order valence-electron chi connectivity index (χ2n) is 8.67. The van der Waals surface area contributed by atoms with E-state index in [2.05, 4.69) is 15.4 Å². The van der Waals surface area contributed by atoms with Crippen molar-refractivity contribution in [1.29, 1.82) is 0 Å². The van der Waals surface area contributed by atoms with Crippen LogP contribution < -0.4 is 5.32 Å². The van der Waals surface area contributed by atoms with Crippen LogP contribution in [0.1, 0.15) is 24.1 Å². The van der Waals surface area contributed by atoms with Crippen molar-refractivity contribution in [3.8, 4) is 5.13 Å². The molecule has 1 N–H and O–H groups in total. The molecule has 8 nitrogen and oxygen atoms in total. The molecular formula is C24H24ClN5O3S2. The lowest BCUT2D eigenvalue weighted by Gasteiger charge is -2.31. The first-order valence-corrected chi connectivity index (χ1v) is 13.9. The molecule has 182 valence electrons. The van der Waals surface area contributed by atoms with Gasteiger partial charge in [0.15, 0.2) is 0 Å². The van der Waals surface area contributed by atoms with Crippen LogP contribution in [0.4, 0.5) is 5.82 Å². The number of aryl methyl sites for hydroxylation is 2. The van der Waals surface area contributed by atoms with Crippen molar-refractivity contribution in [2.45, 2.75) is 31.6 Å². The van der Waals surface area contributed by atoms with Crippen LogP contribution in [-0.2, 0) is 14.8 Å². The van der Waals surface area contributed by atoms with Crippen molar-refractivity contribution in [2.24, 2.45) is 5.92 Å². The number of anilines is 1. The Bertz CT molecular complexity index is 1510. The van der Waals surface area contributed by atoms with Crippen molar-refractivity contribution < 1.29 is 13.2 Å². The minimum Gasteiger partial charge on any atom is -0.310 e. The summed E-state index contributed by atoms with van der Waals surface area (Å²) < 4.78 is 30.2. The molecular weight excluding hydrogens is 506 g/mol. The maximum atomic E-state index is 13.2. The van der Waals surface area contributed by atoms with Gasteiger partial charge < -0.3 is 5.32 Å². The van der Waals surface area contributed by atoms with Crippen LogP contribution in [0, 0.1) is 19.8 Å². The van der Waals surface area contributed by atoms with Crippen LogP contribution in [0.2, 0.25) is 5.02 Å². The number of aromatic nitrogens is 3. The number of carbonyl (C=O) groups is 1. The lowest BCUT2D eigenvalue weighted by Crippen LogP contribution is -2.43. The van der Waals surface area contributed by atoms with Gasteiger partial charge in [0.2, 0.25) is 21.1 Å². The molecule has 3 heterocycles. The Labute approximate surface area is 212 Å². The number of benzene rings is 2.